The molecule has 6 amide bonds. The van der Waals surface area contributed by atoms with Crippen LogP contribution in [0.4, 0.5) is 51.2 Å². The van der Waals surface area contributed by atoms with Crippen molar-refractivity contribution in [1.29, 1.82) is 0 Å². The van der Waals surface area contributed by atoms with Crippen molar-refractivity contribution in [3.05, 3.63) is 162 Å². The molecule has 24 heteroatoms. The molecule has 0 saturated carbocycles. The molecule has 3 heterocycles. The third-order valence-electron chi connectivity index (χ3n) is 17.0. The summed E-state index contributed by atoms with van der Waals surface area (Å²) in [7, 11) is 0. The van der Waals surface area contributed by atoms with Crippen molar-refractivity contribution in [3.63, 3.8) is 0 Å². The Balaban J connectivity index is 0.000000209. The molecule has 6 N–H and O–H groups in total. The molecule has 6 aromatic carbocycles. The van der Waals surface area contributed by atoms with Crippen molar-refractivity contribution in [2.45, 2.75) is 77.0 Å². The van der Waals surface area contributed by atoms with E-state index in [4.69, 9.17) is 69.6 Å². The van der Waals surface area contributed by atoms with Crippen LogP contribution >= 0.6 is 69.6 Å². The van der Waals surface area contributed by atoms with Gasteiger partial charge in [-0.05, 0) is 217 Å². The lowest BCUT2D eigenvalue weighted by Gasteiger charge is -2.23. The number of nitrogens with zero attached hydrogens (tertiary/aromatic N) is 6. The molecule has 3 aliphatic rings. The highest BCUT2D eigenvalue weighted by Gasteiger charge is 2.18. The van der Waals surface area contributed by atoms with E-state index in [-0.39, 0.29) is 54.7 Å². The van der Waals surface area contributed by atoms with Gasteiger partial charge in [0, 0.05) is 145 Å². The lowest BCUT2D eigenvalue weighted by molar-refractivity contribution is -0.117. The van der Waals surface area contributed by atoms with E-state index in [1.807, 2.05) is 84.9 Å². The summed E-state index contributed by atoms with van der Waals surface area (Å²) >= 11 is 35.2. The number of amides is 6. The molecule has 0 radical (unpaired) electrons. The summed E-state index contributed by atoms with van der Waals surface area (Å²) in [5.41, 5.74) is 10.2. The van der Waals surface area contributed by atoms with Crippen molar-refractivity contribution in [2.75, 3.05) is 180 Å². The predicted molar refractivity (Wildman–Crippen MR) is 413 cm³/mol. The Hall–Kier alpha value is -6.84. The second-order valence-corrected chi connectivity index (χ2v) is 26.8. The second-order valence-electron chi connectivity index (χ2n) is 24.6. The number of carbonyl (C=O) groups excluding carboxylic acids is 6. The average Bonchev–Trinajstić information content (AvgIpc) is 1.02. The molecule has 6 aromatic rings. The molecule has 18 nitrogen and oxygen atoms in total. The third-order valence-corrected chi connectivity index (χ3v) is 18.0. The third kappa shape index (κ3) is 30.1. The molecule has 3 saturated heterocycles. The van der Waals surface area contributed by atoms with Crippen LogP contribution in [0.25, 0.3) is 0 Å². The van der Waals surface area contributed by atoms with Gasteiger partial charge in [0.25, 0.3) is 0 Å². The van der Waals surface area contributed by atoms with Crippen LogP contribution in [0.5, 0.6) is 0 Å². The van der Waals surface area contributed by atoms with Crippen LogP contribution in [0.3, 0.4) is 0 Å². The first-order valence-electron chi connectivity index (χ1n) is 34.4. The summed E-state index contributed by atoms with van der Waals surface area (Å²) in [5, 5.41) is 17.5. The molecule has 99 heavy (non-hydrogen) atoms. The monoisotopic (exact) mass is 1470 g/mol. The van der Waals surface area contributed by atoms with Crippen LogP contribution in [0.2, 0.25) is 0 Å². The topological polar surface area (TPSA) is 194 Å². The summed E-state index contributed by atoms with van der Waals surface area (Å²) in [6.45, 7) is 13.0. The van der Waals surface area contributed by atoms with Crippen molar-refractivity contribution < 1.29 is 28.8 Å². The Morgan fingerprint density at radius 1 is 0.293 bits per heavy atom. The van der Waals surface area contributed by atoms with Gasteiger partial charge in [-0.15, -0.1) is 69.6 Å². The molecule has 9 rings (SSSR count). The Kier molecular flexibility index (Phi) is 36.2. The molecule has 0 atom stereocenters. The second kappa shape index (κ2) is 45.1. The van der Waals surface area contributed by atoms with Gasteiger partial charge in [0.05, 0.1) is 25.8 Å². The molecular formula is C75H96Cl6N12O6. The zero-order valence-corrected chi connectivity index (χ0v) is 61.1. The summed E-state index contributed by atoms with van der Waals surface area (Å²) < 4.78 is 0. The number of rotatable bonds is 36. The van der Waals surface area contributed by atoms with E-state index < -0.39 is 0 Å². The summed E-state index contributed by atoms with van der Waals surface area (Å²) in [6, 6.07) is 45.3. The minimum Gasteiger partial charge on any atom is -0.369 e. The maximum absolute atomic E-state index is 12.5. The molecule has 0 spiro atoms. The van der Waals surface area contributed by atoms with Gasteiger partial charge < -0.3 is 56.4 Å². The van der Waals surface area contributed by atoms with Gasteiger partial charge in [0.2, 0.25) is 35.4 Å². The number of anilines is 9. The Morgan fingerprint density at radius 2 is 0.535 bits per heavy atom. The zero-order valence-electron chi connectivity index (χ0n) is 56.6. The van der Waals surface area contributed by atoms with Crippen molar-refractivity contribution in [2.24, 2.45) is 0 Å². The number of carbonyl (C=O) groups is 6. The lowest BCUT2D eigenvalue weighted by Crippen LogP contribution is -2.30. The highest BCUT2D eigenvalue weighted by Crippen LogP contribution is 2.23. The Morgan fingerprint density at radius 3 is 0.818 bits per heavy atom. The number of nitrogens with one attached hydrogen (secondary N) is 6. The predicted octanol–water partition coefficient (Wildman–Crippen LogP) is 13.7. The number of hydrogen-bond acceptors (Lipinski definition) is 12. The van der Waals surface area contributed by atoms with E-state index in [1.54, 1.807) is 60.7 Å². The van der Waals surface area contributed by atoms with Crippen LogP contribution in [0.1, 0.15) is 74.5 Å². The van der Waals surface area contributed by atoms with Gasteiger partial charge in [0.1, 0.15) is 0 Å². The summed E-state index contributed by atoms with van der Waals surface area (Å²) in [5.74, 6) is 2.92. The number of halogens is 6. The van der Waals surface area contributed by atoms with Gasteiger partial charge >= 0.3 is 0 Å². The smallest absolute Gasteiger partial charge is 0.238 e. The van der Waals surface area contributed by atoms with E-state index in [0.29, 0.717) is 71.7 Å². The van der Waals surface area contributed by atoms with Crippen molar-refractivity contribution in [1.82, 2.24) is 14.7 Å². The largest absolute Gasteiger partial charge is 0.369 e. The van der Waals surface area contributed by atoms with Crippen molar-refractivity contribution >= 4 is 156 Å². The van der Waals surface area contributed by atoms with Crippen molar-refractivity contribution in [3.8, 4) is 0 Å². The zero-order chi connectivity index (χ0) is 70.4. The molecule has 0 aliphatic carbocycles. The highest BCUT2D eigenvalue weighted by molar-refractivity contribution is 6.19. The van der Waals surface area contributed by atoms with Crippen LogP contribution in [0.15, 0.2) is 146 Å². The molecule has 0 unspecified atom stereocenters. The number of likely N-dealkylation sites (tertiary alicyclic amines) is 3. The van der Waals surface area contributed by atoms with Crippen LogP contribution < -0.4 is 46.6 Å². The van der Waals surface area contributed by atoms with E-state index >= 15 is 0 Å². The van der Waals surface area contributed by atoms with E-state index in [0.717, 1.165) is 162 Å². The SMILES string of the molecule is O=C(CCCN1CCCC1)Nc1ccc(NC(=O)Cc2ccc(N(CCCl)CCCl)cc2)cc1.O=C(CCN1CCCC1)Nc1ccc(NC(=O)Cc2ccc(N(CCCl)CCCl)cc2)cc1.O=C(Cc1ccc(N(CCCl)CCCl)cc1)Nc1ccc(NC(=O)CN2CCCC2)cc1. The van der Waals surface area contributed by atoms with Crippen LogP contribution in [-0.4, -0.2) is 184 Å². The molecule has 3 aliphatic heterocycles. The summed E-state index contributed by atoms with van der Waals surface area (Å²) in [4.78, 5) is 87.1. The fraction of sp³-hybridized carbons (Fsp3) is 0.440. The molecular weight excluding hydrogens is 1380 g/mol. The van der Waals surface area contributed by atoms with Gasteiger partial charge in [-0.3, -0.25) is 33.7 Å². The fourth-order valence-electron chi connectivity index (χ4n) is 11.8. The fourth-order valence-corrected chi connectivity index (χ4v) is 13.0. The summed E-state index contributed by atoms with van der Waals surface area (Å²) in [6.07, 6.45) is 10.0. The number of benzene rings is 6. The lowest BCUT2D eigenvalue weighted by atomic mass is 10.1. The van der Waals surface area contributed by atoms with Crippen LogP contribution in [0, 0.1) is 0 Å². The number of alkyl halides is 6. The van der Waals surface area contributed by atoms with E-state index in [9.17, 15) is 28.8 Å². The molecule has 534 valence electrons. The van der Waals surface area contributed by atoms with Gasteiger partial charge in [-0.1, -0.05) is 36.4 Å². The van der Waals surface area contributed by atoms with E-state index in [2.05, 4.69) is 61.3 Å². The first kappa shape index (κ1) is 79.5. The van der Waals surface area contributed by atoms with Gasteiger partial charge in [-0.2, -0.15) is 0 Å². The minimum atomic E-state index is -0.0954. The maximum atomic E-state index is 12.5. The molecule has 0 aromatic heterocycles. The van der Waals surface area contributed by atoms with Crippen LogP contribution in [-0.2, 0) is 48.0 Å². The van der Waals surface area contributed by atoms with E-state index in [1.165, 1.54) is 25.7 Å². The molecule has 0 bridgehead atoms. The van der Waals surface area contributed by atoms with Gasteiger partial charge in [0.15, 0.2) is 0 Å². The normalized spacial score (nSPS) is 13.6. The first-order valence-corrected chi connectivity index (χ1v) is 37.6. The first-order chi connectivity index (χ1) is 48.2. The highest BCUT2D eigenvalue weighted by atomic mass is 35.5. The molecule has 3 fully saturated rings. The maximum Gasteiger partial charge on any atom is 0.238 e. The Bertz CT molecular complexity index is 3340. The minimum absolute atomic E-state index is 0.0113. The van der Waals surface area contributed by atoms with Gasteiger partial charge in [-0.25, -0.2) is 0 Å². The number of hydrogen-bond donors (Lipinski definition) is 6. The standard InChI is InChI=1S/C26H34Cl2N4O2.C25H32Cl2N4O2.C24H30Cl2N4O2/c27-13-18-32(19-14-28)24-11-5-21(6-12-24)20-26(34)30-23-9-7-22(8-10-23)29-25(33)4-3-17-31-15-1-2-16-31;26-12-17-31(18-13-27)23-9-3-20(4-10-23)19-25(33)29-22-7-5-21(6-8-22)28-24(32)11-16-30-14-1-2-15-30;25-11-15-30(16-12-26)22-9-3-19(4-10-22)17-23(31)27-20-5-7-21(8-6-20)28-24(32)18-29-13-1-2-14-29/h5-12H,1-4,13-20H2,(H,29,33)(H,30,34);3-10H,1-2,11-19H2,(H,28,32)(H,29,33);3-10H,1-2,11-18H2,(H,27,31)(H,28,32). The Labute approximate surface area is 615 Å². The quantitative estimate of drug-likeness (QED) is 0.0204. The average molecular weight is 1470 g/mol.